The first-order chi connectivity index (χ1) is 10.3. The molecule has 0 aliphatic carbocycles. The lowest BCUT2D eigenvalue weighted by molar-refractivity contribution is 0.0924. The number of rotatable bonds is 5. The summed E-state index contributed by atoms with van der Waals surface area (Å²) in [5, 5.41) is 2.82. The second kappa shape index (κ2) is 6.57. The molecule has 1 aliphatic heterocycles. The van der Waals surface area contributed by atoms with E-state index >= 15 is 0 Å². The average Bonchev–Trinajstić information content (AvgIpc) is 2.83. The van der Waals surface area contributed by atoms with Gasteiger partial charge in [0.25, 0.3) is 11.5 Å². The van der Waals surface area contributed by atoms with Gasteiger partial charge in [0.2, 0.25) is 10.0 Å². The molecule has 1 aromatic heterocycles. The van der Waals surface area contributed by atoms with Crippen molar-refractivity contribution in [1.29, 1.82) is 0 Å². The Balaban J connectivity index is 2.10. The molecule has 2 rings (SSSR count). The molecule has 0 unspecified atom stereocenters. The number of H-pyrrole nitrogens is 1. The molecule has 0 bridgehead atoms. The highest BCUT2D eigenvalue weighted by atomic mass is 32.2. The molecule has 8 nitrogen and oxygen atoms in total. The molecular weight excluding hydrogens is 308 g/mol. The summed E-state index contributed by atoms with van der Waals surface area (Å²) in [6.07, 6.45) is 5.19. The molecular formula is C13H20N4O4S. The molecule has 22 heavy (non-hydrogen) atoms. The molecule has 2 atom stereocenters. The average molecular weight is 328 g/mol. The van der Waals surface area contributed by atoms with E-state index in [1.54, 1.807) is 0 Å². The van der Waals surface area contributed by atoms with Gasteiger partial charge in [0.05, 0.1) is 12.5 Å². The zero-order valence-corrected chi connectivity index (χ0v) is 13.4. The van der Waals surface area contributed by atoms with Crippen molar-refractivity contribution in [2.75, 3.05) is 19.3 Å². The first-order valence-electron chi connectivity index (χ1n) is 7.12. The van der Waals surface area contributed by atoms with Gasteiger partial charge >= 0.3 is 0 Å². The molecule has 1 amide bonds. The minimum Gasteiger partial charge on any atom is -0.346 e. The zero-order valence-electron chi connectivity index (χ0n) is 12.6. The van der Waals surface area contributed by atoms with E-state index in [2.05, 4.69) is 15.3 Å². The SMILES string of the molecule is CCC[C@H]1CN(S(C)(=O)=O)C[C@@H]1NC(=O)c1c[nH]c(=O)cn1. The van der Waals surface area contributed by atoms with Crippen molar-refractivity contribution in [2.45, 2.75) is 25.8 Å². The van der Waals surface area contributed by atoms with Crippen LogP contribution >= 0.6 is 0 Å². The van der Waals surface area contributed by atoms with E-state index in [9.17, 15) is 18.0 Å². The number of amides is 1. The number of nitrogens with zero attached hydrogens (tertiary/aromatic N) is 2. The maximum atomic E-state index is 12.2. The summed E-state index contributed by atoms with van der Waals surface area (Å²) in [5.74, 6) is -0.343. The molecule has 0 radical (unpaired) electrons. The van der Waals surface area contributed by atoms with Gasteiger partial charge in [-0.05, 0) is 12.3 Å². The third-order valence-electron chi connectivity index (χ3n) is 3.76. The lowest BCUT2D eigenvalue weighted by Crippen LogP contribution is -2.41. The van der Waals surface area contributed by atoms with Crippen LogP contribution in [0.1, 0.15) is 30.3 Å². The Morgan fingerprint density at radius 1 is 1.50 bits per heavy atom. The summed E-state index contributed by atoms with van der Waals surface area (Å²) in [5.41, 5.74) is -0.280. The predicted molar refractivity (Wildman–Crippen MR) is 80.9 cm³/mol. The summed E-state index contributed by atoms with van der Waals surface area (Å²) in [6, 6.07) is -0.254. The van der Waals surface area contributed by atoms with Crippen LogP contribution in [0.5, 0.6) is 0 Å². The minimum absolute atomic E-state index is 0.0754. The summed E-state index contributed by atoms with van der Waals surface area (Å²) in [4.78, 5) is 29.3. The van der Waals surface area contributed by atoms with E-state index in [-0.39, 0.29) is 29.8 Å². The topological polar surface area (TPSA) is 112 Å². The molecule has 122 valence electrons. The summed E-state index contributed by atoms with van der Waals surface area (Å²) in [7, 11) is -3.27. The Kier molecular flexibility index (Phi) is 4.97. The van der Waals surface area contributed by atoms with Crippen LogP contribution in [0.2, 0.25) is 0 Å². The Bertz CT molecular complexity index is 680. The van der Waals surface area contributed by atoms with Crippen molar-refractivity contribution in [3.8, 4) is 0 Å². The van der Waals surface area contributed by atoms with Gasteiger partial charge in [-0.1, -0.05) is 13.3 Å². The van der Waals surface area contributed by atoms with Gasteiger partial charge in [-0.3, -0.25) is 9.59 Å². The number of sulfonamides is 1. The fourth-order valence-corrected chi connectivity index (χ4v) is 3.53. The highest BCUT2D eigenvalue weighted by Crippen LogP contribution is 2.23. The fraction of sp³-hybridized carbons (Fsp3) is 0.615. The van der Waals surface area contributed by atoms with Crippen molar-refractivity contribution in [3.63, 3.8) is 0 Å². The number of nitrogens with one attached hydrogen (secondary N) is 2. The van der Waals surface area contributed by atoms with Crippen molar-refractivity contribution < 1.29 is 13.2 Å². The summed E-state index contributed by atoms with van der Waals surface area (Å²) >= 11 is 0. The molecule has 9 heteroatoms. The lowest BCUT2D eigenvalue weighted by atomic mass is 9.98. The number of carbonyl (C=O) groups is 1. The number of hydrogen-bond acceptors (Lipinski definition) is 5. The van der Waals surface area contributed by atoms with Gasteiger partial charge in [0.1, 0.15) is 5.69 Å². The second-order valence-electron chi connectivity index (χ2n) is 5.51. The van der Waals surface area contributed by atoms with Crippen molar-refractivity contribution in [2.24, 2.45) is 5.92 Å². The molecule has 1 saturated heterocycles. The molecule has 0 saturated carbocycles. The van der Waals surface area contributed by atoms with E-state index in [1.165, 1.54) is 16.8 Å². The van der Waals surface area contributed by atoms with Crippen LogP contribution in [0.3, 0.4) is 0 Å². The van der Waals surface area contributed by atoms with Gasteiger partial charge in [0.15, 0.2) is 0 Å². The quantitative estimate of drug-likeness (QED) is 0.761. The molecule has 2 N–H and O–H groups in total. The van der Waals surface area contributed by atoms with Crippen molar-refractivity contribution >= 4 is 15.9 Å². The van der Waals surface area contributed by atoms with Gasteiger partial charge in [-0.2, -0.15) is 4.31 Å². The largest absolute Gasteiger partial charge is 0.346 e. The monoisotopic (exact) mass is 328 g/mol. The lowest BCUT2D eigenvalue weighted by Gasteiger charge is -2.18. The second-order valence-corrected chi connectivity index (χ2v) is 7.49. The first-order valence-corrected chi connectivity index (χ1v) is 8.96. The van der Waals surface area contributed by atoms with Gasteiger partial charge in [0, 0.05) is 25.3 Å². The predicted octanol–water partition coefficient (Wildman–Crippen LogP) is -0.440. The Morgan fingerprint density at radius 3 is 2.77 bits per heavy atom. The molecule has 0 spiro atoms. The van der Waals surface area contributed by atoms with Crippen LogP contribution in [0.15, 0.2) is 17.2 Å². The van der Waals surface area contributed by atoms with Gasteiger partial charge in [-0.25, -0.2) is 13.4 Å². The molecule has 2 heterocycles. The molecule has 1 aromatic rings. The van der Waals surface area contributed by atoms with Crippen LogP contribution in [0.4, 0.5) is 0 Å². The third-order valence-corrected chi connectivity index (χ3v) is 4.99. The third kappa shape index (κ3) is 3.92. The van der Waals surface area contributed by atoms with E-state index < -0.39 is 15.9 Å². The van der Waals surface area contributed by atoms with Crippen molar-refractivity contribution in [3.05, 3.63) is 28.4 Å². The summed E-state index contributed by atoms with van der Waals surface area (Å²) in [6.45, 7) is 2.70. The normalized spacial score (nSPS) is 22.6. The highest BCUT2D eigenvalue weighted by molar-refractivity contribution is 7.88. The Labute approximate surface area is 129 Å². The maximum Gasteiger partial charge on any atom is 0.271 e. The van der Waals surface area contributed by atoms with E-state index in [0.717, 1.165) is 19.0 Å². The minimum atomic E-state index is -3.27. The van der Waals surface area contributed by atoms with E-state index in [0.29, 0.717) is 6.54 Å². The van der Waals surface area contributed by atoms with Gasteiger partial charge < -0.3 is 10.3 Å². The molecule has 1 aliphatic rings. The smallest absolute Gasteiger partial charge is 0.271 e. The number of carbonyl (C=O) groups excluding carboxylic acids is 1. The molecule has 1 fully saturated rings. The number of aromatic nitrogens is 2. The number of hydrogen-bond donors (Lipinski definition) is 2. The fourth-order valence-electron chi connectivity index (χ4n) is 2.64. The molecule has 0 aromatic carbocycles. The van der Waals surface area contributed by atoms with E-state index in [1.807, 2.05) is 6.92 Å². The van der Waals surface area contributed by atoms with Crippen molar-refractivity contribution in [1.82, 2.24) is 19.6 Å². The Hall–Kier alpha value is -1.74. The standard InChI is InChI=1S/C13H20N4O4S/c1-3-4-9-7-17(22(2,20)21)8-11(9)16-13(19)10-5-15-12(18)6-14-10/h5-6,9,11H,3-4,7-8H2,1-2H3,(H,15,18)(H,16,19)/t9-,11-/m0/s1. The summed E-state index contributed by atoms with van der Waals surface area (Å²) < 4.78 is 24.8. The van der Waals surface area contributed by atoms with Crippen LogP contribution in [-0.2, 0) is 10.0 Å². The van der Waals surface area contributed by atoms with Crippen LogP contribution in [0, 0.1) is 5.92 Å². The van der Waals surface area contributed by atoms with Gasteiger partial charge in [-0.15, -0.1) is 0 Å². The highest BCUT2D eigenvalue weighted by Gasteiger charge is 2.37. The van der Waals surface area contributed by atoms with Crippen LogP contribution in [-0.4, -0.2) is 54.0 Å². The zero-order chi connectivity index (χ0) is 16.3. The first kappa shape index (κ1) is 16.6. The van der Waals surface area contributed by atoms with E-state index in [4.69, 9.17) is 0 Å². The maximum absolute atomic E-state index is 12.2. The van der Waals surface area contributed by atoms with Crippen LogP contribution in [0.25, 0.3) is 0 Å². The number of aromatic amines is 1. The Morgan fingerprint density at radius 2 is 2.23 bits per heavy atom. The van der Waals surface area contributed by atoms with Crippen LogP contribution < -0.4 is 10.9 Å².